The van der Waals surface area contributed by atoms with Crippen molar-refractivity contribution in [1.82, 2.24) is 9.97 Å². The molecule has 2 aromatic rings. The van der Waals surface area contributed by atoms with E-state index in [0.717, 1.165) is 11.3 Å². The van der Waals surface area contributed by atoms with Gasteiger partial charge in [0.25, 0.3) is 10.0 Å². The van der Waals surface area contributed by atoms with Gasteiger partial charge in [-0.05, 0) is 45.0 Å². The topological polar surface area (TPSA) is 72.0 Å². The van der Waals surface area contributed by atoms with Crippen molar-refractivity contribution >= 4 is 54.7 Å². The molecule has 0 radical (unpaired) electrons. The van der Waals surface area contributed by atoms with Crippen LogP contribution in [-0.4, -0.2) is 18.4 Å². The number of thiophene rings is 1. The van der Waals surface area contributed by atoms with Gasteiger partial charge in [0.2, 0.25) is 5.28 Å². The second kappa shape index (κ2) is 4.89. The van der Waals surface area contributed by atoms with Crippen molar-refractivity contribution in [3.8, 4) is 0 Å². The summed E-state index contributed by atoms with van der Waals surface area (Å²) in [5.74, 6) is 0.130. The molecule has 0 aliphatic carbocycles. The van der Waals surface area contributed by atoms with E-state index in [4.69, 9.17) is 11.6 Å². The van der Waals surface area contributed by atoms with Crippen molar-refractivity contribution in [3.05, 3.63) is 33.5 Å². The summed E-state index contributed by atoms with van der Waals surface area (Å²) in [7, 11) is -3.64. The van der Waals surface area contributed by atoms with Crippen LogP contribution in [-0.2, 0) is 10.0 Å². The van der Waals surface area contributed by atoms with Crippen molar-refractivity contribution in [2.75, 3.05) is 4.72 Å². The Hall–Kier alpha value is -0.700. The largest absolute Gasteiger partial charge is 0.273 e. The highest BCUT2D eigenvalue weighted by molar-refractivity contribution is 9.10. The van der Waals surface area contributed by atoms with Crippen LogP contribution in [0.25, 0.3) is 0 Å². The molecule has 0 saturated heterocycles. The Morgan fingerprint density at radius 3 is 2.76 bits per heavy atom. The van der Waals surface area contributed by atoms with Gasteiger partial charge < -0.3 is 0 Å². The molecule has 0 aliphatic rings. The fraction of sp³-hybridized carbons (Fsp3) is 0. The summed E-state index contributed by atoms with van der Waals surface area (Å²) in [6, 6.07) is 3.08. The third-order valence-corrected chi connectivity index (χ3v) is 5.90. The first kappa shape index (κ1) is 12.7. The monoisotopic (exact) mass is 353 g/mol. The lowest BCUT2D eigenvalue weighted by Gasteiger charge is -2.05. The quantitative estimate of drug-likeness (QED) is 0.860. The predicted octanol–water partition coefficient (Wildman–Crippen LogP) is 2.75. The number of nitrogens with one attached hydrogen (secondary N) is 1. The van der Waals surface area contributed by atoms with Crippen LogP contribution in [0.1, 0.15) is 0 Å². The Morgan fingerprint density at radius 2 is 2.18 bits per heavy atom. The van der Waals surface area contributed by atoms with E-state index in [9.17, 15) is 8.42 Å². The van der Waals surface area contributed by atoms with E-state index in [1.54, 1.807) is 11.4 Å². The van der Waals surface area contributed by atoms with Crippen LogP contribution in [0, 0.1) is 0 Å². The highest BCUT2D eigenvalue weighted by atomic mass is 79.9. The summed E-state index contributed by atoms with van der Waals surface area (Å²) in [5.41, 5.74) is 0. The molecule has 0 unspecified atom stereocenters. The zero-order valence-electron chi connectivity index (χ0n) is 8.09. The van der Waals surface area contributed by atoms with E-state index in [1.165, 1.54) is 12.3 Å². The van der Waals surface area contributed by atoms with Gasteiger partial charge >= 0.3 is 0 Å². The highest BCUT2D eigenvalue weighted by Gasteiger charge is 2.19. The van der Waals surface area contributed by atoms with Gasteiger partial charge in [-0.2, -0.15) is 4.98 Å². The average molecular weight is 355 g/mol. The Kier molecular flexibility index (Phi) is 3.67. The Morgan fingerprint density at radius 1 is 1.41 bits per heavy atom. The van der Waals surface area contributed by atoms with Gasteiger partial charge in [-0.1, -0.05) is 0 Å². The highest BCUT2D eigenvalue weighted by Crippen LogP contribution is 2.28. The number of hydrogen-bond acceptors (Lipinski definition) is 5. The maximum atomic E-state index is 12.0. The molecular formula is C8H5BrClN3O2S2. The van der Waals surface area contributed by atoms with Gasteiger partial charge in [0, 0.05) is 10.7 Å². The van der Waals surface area contributed by atoms with Gasteiger partial charge in [-0.15, -0.1) is 11.3 Å². The minimum absolute atomic E-state index is 0.0181. The van der Waals surface area contributed by atoms with E-state index < -0.39 is 10.0 Å². The molecule has 90 valence electrons. The number of halogens is 2. The molecule has 2 heterocycles. The lowest BCUT2D eigenvalue weighted by Crippen LogP contribution is -2.13. The summed E-state index contributed by atoms with van der Waals surface area (Å²) in [4.78, 5) is 7.41. The van der Waals surface area contributed by atoms with Crippen LogP contribution in [0.5, 0.6) is 0 Å². The fourth-order valence-electron chi connectivity index (χ4n) is 1.05. The van der Waals surface area contributed by atoms with Gasteiger partial charge in [0.15, 0.2) is 4.21 Å². The Bertz CT molecular complexity index is 644. The number of rotatable bonds is 3. The average Bonchev–Trinajstić information content (AvgIpc) is 2.64. The summed E-state index contributed by atoms with van der Waals surface area (Å²) >= 11 is 9.83. The molecule has 0 atom stereocenters. The van der Waals surface area contributed by atoms with Crippen molar-refractivity contribution < 1.29 is 8.42 Å². The zero-order valence-corrected chi connectivity index (χ0v) is 12.1. The molecule has 0 amide bonds. The number of anilines is 1. The summed E-state index contributed by atoms with van der Waals surface area (Å²) in [6.45, 7) is 0. The normalized spacial score (nSPS) is 11.4. The maximum absolute atomic E-state index is 12.0. The number of aromatic nitrogens is 2. The van der Waals surface area contributed by atoms with Gasteiger partial charge in [-0.25, -0.2) is 13.4 Å². The van der Waals surface area contributed by atoms with Gasteiger partial charge in [0.05, 0.1) is 0 Å². The molecule has 0 fully saturated rings. The number of hydrogen-bond donors (Lipinski definition) is 1. The third kappa shape index (κ3) is 2.95. The second-order valence-corrected chi connectivity index (χ2v) is 6.86. The molecule has 2 rings (SSSR count). The maximum Gasteiger partial charge on any atom is 0.273 e. The smallest absolute Gasteiger partial charge is 0.262 e. The van der Waals surface area contributed by atoms with Crippen LogP contribution in [0.3, 0.4) is 0 Å². The minimum atomic E-state index is -3.64. The molecule has 2 aromatic heterocycles. The van der Waals surface area contributed by atoms with Crippen LogP contribution in [0.2, 0.25) is 5.28 Å². The minimum Gasteiger partial charge on any atom is -0.262 e. The molecule has 0 aromatic carbocycles. The molecule has 5 nitrogen and oxygen atoms in total. The summed E-state index contributed by atoms with van der Waals surface area (Å²) in [5, 5.41) is 1.65. The van der Waals surface area contributed by atoms with Crippen molar-refractivity contribution in [2.45, 2.75) is 4.21 Å². The molecule has 17 heavy (non-hydrogen) atoms. The lowest BCUT2D eigenvalue weighted by molar-refractivity contribution is 0.602. The molecular weight excluding hydrogens is 350 g/mol. The Labute approximate surface area is 115 Å². The second-order valence-electron chi connectivity index (χ2n) is 2.87. The summed E-state index contributed by atoms with van der Waals surface area (Å²) < 4.78 is 26.9. The number of nitrogens with zero attached hydrogens (tertiary/aromatic N) is 2. The molecule has 0 bridgehead atoms. The van der Waals surface area contributed by atoms with E-state index in [0.29, 0.717) is 4.47 Å². The zero-order chi connectivity index (χ0) is 12.5. The van der Waals surface area contributed by atoms with Crippen molar-refractivity contribution in [2.24, 2.45) is 0 Å². The van der Waals surface area contributed by atoms with Crippen molar-refractivity contribution in [3.63, 3.8) is 0 Å². The molecule has 0 aliphatic heterocycles. The van der Waals surface area contributed by atoms with Crippen LogP contribution >= 0.6 is 38.9 Å². The first-order valence-electron chi connectivity index (χ1n) is 4.23. The fourth-order valence-corrected chi connectivity index (χ4v) is 4.53. The van der Waals surface area contributed by atoms with Crippen LogP contribution in [0.15, 0.2) is 32.4 Å². The van der Waals surface area contributed by atoms with E-state index in [1.807, 2.05) is 0 Å². The molecule has 0 saturated carbocycles. The first-order valence-corrected chi connectivity index (χ1v) is 7.77. The number of sulfonamides is 1. The van der Waals surface area contributed by atoms with Crippen LogP contribution < -0.4 is 4.72 Å². The third-order valence-electron chi connectivity index (χ3n) is 1.69. The standard InChI is InChI=1S/C8H5BrClN3O2S2/c9-5-2-4-16-7(5)17(14,15)13-6-1-3-11-8(10)12-6/h1-4H,(H,11,12,13). The SMILES string of the molecule is O=S(=O)(Nc1ccnc(Cl)n1)c1sccc1Br. The van der Waals surface area contributed by atoms with E-state index in [2.05, 4.69) is 30.6 Å². The first-order chi connectivity index (χ1) is 7.99. The Balaban J connectivity index is 2.33. The van der Waals surface area contributed by atoms with Crippen molar-refractivity contribution in [1.29, 1.82) is 0 Å². The van der Waals surface area contributed by atoms with Gasteiger partial charge in [0.1, 0.15) is 5.82 Å². The van der Waals surface area contributed by atoms with Gasteiger partial charge in [-0.3, -0.25) is 4.72 Å². The predicted molar refractivity (Wildman–Crippen MR) is 69.9 cm³/mol. The molecule has 0 spiro atoms. The molecule has 1 N–H and O–H groups in total. The van der Waals surface area contributed by atoms with E-state index in [-0.39, 0.29) is 15.3 Å². The molecule has 9 heteroatoms. The lowest BCUT2D eigenvalue weighted by atomic mass is 10.6. The van der Waals surface area contributed by atoms with Crippen LogP contribution in [0.4, 0.5) is 5.82 Å². The summed E-state index contributed by atoms with van der Waals surface area (Å²) in [6.07, 6.45) is 1.37. The van der Waals surface area contributed by atoms with E-state index >= 15 is 0 Å².